The largest absolute Gasteiger partial charge is 0.493 e. The molecule has 2 aliphatic rings. The van der Waals surface area contributed by atoms with Gasteiger partial charge in [0.2, 0.25) is 0 Å². The van der Waals surface area contributed by atoms with Gasteiger partial charge in [0.25, 0.3) is 5.91 Å². The van der Waals surface area contributed by atoms with Gasteiger partial charge in [0.15, 0.2) is 0 Å². The first-order valence-electron chi connectivity index (χ1n) is 7.42. The lowest BCUT2D eigenvalue weighted by Gasteiger charge is -2.20. The molecule has 0 atom stereocenters. The molecule has 0 aliphatic carbocycles. The highest BCUT2D eigenvalue weighted by atomic mass is 16.5. The fraction of sp³-hybridized carbons (Fsp3) is 0.562. The maximum Gasteiger partial charge on any atom is 0.257 e. The number of hydrogen-bond acceptors (Lipinski definition) is 3. The van der Waals surface area contributed by atoms with Crippen molar-refractivity contribution in [2.45, 2.75) is 32.6 Å². The lowest BCUT2D eigenvalue weighted by Crippen LogP contribution is -2.28. The van der Waals surface area contributed by atoms with E-state index in [4.69, 9.17) is 9.47 Å². The van der Waals surface area contributed by atoms with Gasteiger partial charge in [-0.05, 0) is 12.5 Å². The van der Waals surface area contributed by atoms with E-state index >= 15 is 0 Å². The third kappa shape index (κ3) is 2.13. The molecule has 2 heterocycles. The molecule has 1 aromatic carbocycles. The topological polar surface area (TPSA) is 38.8 Å². The Morgan fingerprint density at radius 3 is 2.90 bits per heavy atom. The Bertz CT molecular complexity index is 507. The average molecular weight is 275 g/mol. The Balaban J connectivity index is 1.98. The van der Waals surface area contributed by atoms with E-state index < -0.39 is 0 Å². The van der Waals surface area contributed by atoms with Crippen LogP contribution in [0.2, 0.25) is 0 Å². The maximum atomic E-state index is 12.8. The van der Waals surface area contributed by atoms with Crippen LogP contribution in [0, 0.1) is 0 Å². The van der Waals surface area contributed by atoms with Crippen molar-refractivity contribution < 1.29 is 14.3 Å². The predicted molar refractivity (Wildman–Crippen MR) is 76.7 cm³/mol. The molecule has 0 unspecified atom stereocenters. The van der Waals surface area contributed by atoms with Crippen LogP contribution >= 0.6 is 0 Å². The van der Waals surface area contributed by atoms with Crippen LogP contribution in [-0.2, 0) is 12.8 Å². The molecule has 0 bridgehead atoms. The quantitative estimate of drug-likeness (QED) is 0.847. The van der Waals surface area contributed by atoms with E-state index in [-0.39, 0.29) is 5.91 Å². The van der Waals surface area contributed by atoms with Crippen molar-refractivity contribution in [3.05, 3.63) is 22.8 Å². The summed E-state index contributed by atoms with van der Waals surface area (Å²) < 4.78 is 11.4. The van der Waals surface area contributed by atoms with Crippen LogP contribution in [0.3, 0.4) is 0 Å². The minimum absolute atomic E-state index is 0.0685. The molecule has 1 aromatic rings. The lowest BCUT2D eigenvalue weighted by molar-refractivity contribution is 0.0789. The summed E-state index contributed by atoms with van der Waals surface area (Å²) in [7, 11) is 1.87. The lowest BCUT2D eigenvalue weighted by atomic mass is 9.98. The standard InChI is InChI=1S/C16H21NO3/c1-3-4-7-17(2)16(18)14-12-6-9-19-13(12)10-11-5-8-20-15(11)14/h10H,3-9H2,1-2H3. The number of amides is 1. The first-order chi connectivity index (χ1) is 9.72. The van der Waals surface area contributed by atoms with Crippen LogP contribution in [0.1, 0.15) is 41.3 Å². The first kappa shape index (κ1) is 13.3. The molecule has 0 N–H and O–H groups in total. The number of ether oxygens (including phenoxy) is 2. The number of rotatable bonds is 4. The molecule has 20 heavy (non-hydrogen) atoms. The molecule has 108 valence electrons. The van der Waals surface area contributed by atoms with Gasteiger partial charge in [-0.2, -0.15) is 0 Å². The third-order valence-electron chi connectivity index (χ3n) is 4.06. The monoisotopic (exact) mass is 275 g/mol. The minimum atomic E-state index is 0.0685. The molecule has 3 rings (SSSR count). The number of fused-ring (bicyclic) bond motifs is 2. The zero-order chi connectivity index (χ0) is 14.1. The van der Waals surface area contributed by atoms with Gasteiger partial charge >= 0.3 is 0 Å². The van der Waals surface area contributed by atoms with E-state index in [9.17, 15) is 4.79 Å². The summed E-state index contributed by atoms with van der Waals surface area (Å²) >= 11 is 0. The predicted octanol–water partition coefficient (Wildman–Crippen LogP) is 2.43. The highest BCUT2D eigenvalue weighted by Crippen LogP contribution is 2.41. The van der Waals surface area contributed by atoms with Crippen molar-refractivity contribution >= 4 is 5.91 Å². The van der Waals surface area contributed by atoms with Crippen molar-refractivity contribution in [3.8, 4) is 11.5 Å². The number of benzene rings is 1. The highest BCUT2D eigenvalue weighted by molar-refractivity contribution is 6.00. The molecule has 0 aromatic heterocycles. The molecular weight excluding hydrogens is 254 g/mol. The fourth-order valence-electron chi connectivity index (χ4n) is 2.90. The normalized spacial score (nSPS) is 15.3. The van der Waals surface area contributed by atoms with Gasteiger partial charge in [0.05, 0.1) is 18.8 Å². The second-order valence-corrected chi connectivity index (χ2v) is 5.49. The molecule has 0 radical (unpaired) electrons. The average Bonchev–Trinajstić information content (AvgIpc) is 3.09. The summed E-state index contributed by atoms with van der Waals surface area (Å²) in [4.78, 5) is 14.6. The van der Waals surface area contributed by atoms with Crippen molar-refractivity contribution in [2.75, 3.05) is 26.8 Å². The smallest absolute Gasteiger partial charge is 0.257 e. The molecule has 0 spiro atoms. The van der Waals surface area contributed by atoms with E-state index in [1.807, 2.05) is 13.1 Å². The van der Waals surface area contributed by atoms with E-state index in [2.05, 4.69) is 6.92 Å². The van der Waals surface area contributed by atoms with Gasteiger partial charge in [-0.3, -0.25) is 4.79 Å². The second-order valence-electron chi connectivity index (χ2n) is 5.49. The molecule has 0 saturated carbocycles. The first-order valence-corrected chi connectivity index (χ1v) is 7.42. The van der Waals surface area contributed by atoms with Gasteiger partial charge in [0.1, 0.15) is 11.5 Å². The molecule has 1 amide bonds. The van der Waals surface area contributed by atoms with Crippen molar-refractivity contribution in [1.82, 2.24) is 4.90 Å². The van der Waals surface area contributed by atoms with Crippen molar-refractivity contribution in [2.24, 2.45) is 0 Å². The minimum Gasteiger partial charge on any atom is -0.493 e. The van der Waals surface area contributed by atoms with E-state index in [1.54, 1.807) is 4.90 Å². The van der Waals surface area contributed by atoms with Crippen LogP contribution in [0.15, 0.2) is 6.07 Å². The van der Waals surface area contributed by atoms with Gasteiger partial charge in [-0.15, -0.1) is 0 Å². The fourth-order valence-corrected chi connectivity index (χ4v) is 2.90. The van der Waals surface area contributed by atoms with E-state index in [0.717, 1.165) is 60.4 Å². The van der Waals surface area contributed by atoms with Crippen LogP contribution in [0.5, 0.6) is 11.5 Å². The molecule has 4 nitrogen and oxygen atoms in total. The second kappa shape index (κ2) is 5.35. The SMILES string of the molecule is CCCCN(C)C(=O)c1c2c(cc3c1OCC3)OCC2. The van der Waals surface area contributed by atoms with Gasteiger partial charge in [0, 0.05) is 37.6 Å². The number of hydrogen-bond donors (Lipinski definition) is 0. The highest BCUT2D eigenvalue weighted by Gasteiger charge is 2.31. The van der Waals surface area contributed by atoms with E-state index in [1.165, 1.54) is 0 Å². The Kier molecular flexibility index (Phi) is 3.55. The summed E-state index contributed by atoms with van der Waals surface area (Å²) in [5.41, 5.74) is 2.88. The van der Waals surface area contributed by atoms with E-state index in [0.29, 0.717) is 13.2 Å². The summed E-state index contributed by atoms with van der Waals surface area (Å²) in [6.45, 7) is 4.25. The van der Waals surface area contributed by atoms with Crippen LogP contribution in [0.4, 0.5) is 0 Å². The zero-order valence-corrected chi connectivity index (χ0v) is 12.2. The maximum absolute atomic E-state index is 12.8. The van der Waals surface area contributed by atoms with Gasteiger partial charge < -0.3 is 14.4 Å². The van der Waals surface area contributed by atoms with Crippen LogP contribution in [-0.4, -0.2) is 37.6 Å². The molecule has 0 fully saturated rings. The third-order valence-corrected chi connectivity index (χ3v) is 4.06. The summed E-state index contributed by atoms with van der Waals surface area (Å²) in [6.07, 6.45) is 3.78. The Hall–Kier alpha value is -1.71. The molecule has 4 heteroatoms. The molecule has 0 saturated heterocycles. The summed E-state index contributed by atoms with van der Waals surface area (Å²) in [5.74, 6) is 1.74. The van der Waals surface area contributed by atoms with Crippen molar-refractivity contribution in [3.63, 3.8) is 0 Å². The Labute approximate surface area is 119 Å². The van der Waals surface area contributed by atoms with Crippen LogP contribution < -0.4 is 9.47 Å². The summed E-state index contributed by atoms with van der Waals surface area (Å²) in [6, 6.07) is 2.05. The number of nitrogens with zero attached hydrogens (tertiary/aromatic N) is 1. The van der Waals surface area contributed by atoms with Gasteiger partial charge in [-0.1, -0.05) is 13.3 Å². The van der Waals surface area contributed by atoms with Gasteiger partial charge in [-0.25, -0.2) is 0 Å². The molecular formula is C16H21NO3. The Morgan fingerprint density at radius 2 is 2.10 bits per heavy atom. The van der Waals surface area contributed by atoms with Crippen LogP contribution in [0.25, 0.3) is 0 Å². The zero-order valence-electron chi connectivity index (χ0n) is 12.2. The van der Waals surface area contributed by atoms with Crippen molar-refractivity contribution in [1.29, 1.82) is 0 Å². The molecule has 2 aliphatic heterocycles. The number of carbonyl (C=O) groups is 1. The summed E-state index contributed by atoms with van der Waals surface area (Å²) in [5, 5.41) is 0. The number of unbranched alkanes of at least 4 members (excludes halogenated alkanes) is 1. The number of carbonyl (C=O) groups excluding carboxylic acids is 1. The Morgan fingerprint density at radius 1 is 1.30 bits per heavy atom.